The number of carbonyl (C=O) groups excluding carboxylic acids is 1. The number of likely N-dealkylation sites (N-methyl/N-ethyl adjacent to an activating group) is 1. The molecule has 2 rings (SSSR count). The van der Waals surface area contributed by atoms with Gasteiger partial charge in [0, 0.05) is 26.2 Å². The number of guanidine groups is 1. The molecule has 1 saturated carbocycles. The fourth-order valence-electron chi connectivity index (χ4n) is 2.32. The van der Waals surface area contributed by atoms with Gasteiger partial charge in [0.15, 0.2) is 5.96 Å². The highest BCUT2D eigenvalue weighted by Gasteiger charge is 2.22. The van der Waals surface area contributed by atoms with Crippen LogP contribution in [-0.4, -0.2) is 50.6 Å². The van der Waals surface area contributed by atoms with Crippen LogP contribution in [0.25, 0.3) is 0 Å². The molecule has 144 valence electrons. The standard InChI is InChI=1S/C20H32N4O2/c1-5-10-21-20(23-13-19(25)24(3)4)22-12-17-9-6-15(2)11-18(17)26-14-16-7-8-16/h6,9,11,16H,5,7-8,10,12-14H2,1-4H3,(H2,21,22,23). The summed E-state index contributed by atoms with van der Waals surface area (Å²) in [6.45, 7) is 6.49. The Labute approximate surface area is 157 Å². The van der Waals surface area contributed by atoms with Gasteiger partial charge in [-0.15, -0.1) is 0 Å². The van der Waals surface area contributed by atoms with E-state index in [0.717, 1.165) is 30.9 Å². The third kappa shape index (κ3) is 6.94. The number of ether oxygens (including phenoxy) is 1. The van der Waals surface area contributed by atoms with Crippen molar-refractivity contribution in [2.75, 3.05) is 33.8 Å². The maximum atomic E-state index is 11.8. The summed E-state index contributed by atoms with van der Waals surface area (Å²) in [5.41, 5.74) is 2.25. The van der Waals surface area contributed by atoms with Crippen molar-refractivity contribution in [3.05, 3.63) is 29.3 Å². The van der Waals surface area contributed by atoms with Gasteiger partial charge < -0.3 is 20.3 Å². The zero-order valence-electron chi connectivity index (χ0n) is 16.5. The molecule has 0 unspecified atom stereocenters. The maximum absolute atomic E-state index is 11.8. The number of nitrogens with zero attached hydrogens (tertiary/aromatic N) is 2. The van der Waals surface area contributed by atoms with Crippen LogP contribution in [-0.2, 0) is 11.3 Å². The van der Waals surface area contributed by atoms with Crippen molar-refractivity contribution in [3.8, 4) is 5.75 Å². The van der Waals surface area contributed by atoms with E-state index < -0.39 is 0 Å². The molecule has 6 nitrogen and oxygen atoms in total. The Morgan fingerprint density at radius 1 is 1.31 bits per heavy atom. The first kappa shape index (κ1) is 20.1. The van der Waals surface area contributed by atoms with Crippen LogP contribution in [0.1, 0.15) is 37.3 Å². The van der Waals surface area contributed by atoms with Crippen LogP contribution in [0.15, 0.2) is 23.2 Å². The number of hydrogen-bond acceptors (Lipinski definition) is 3. The predicted octanol–water partition coefficient (Wildman–Crippen LogP) is 2.32. The molecular weight excluding hydrogens is 328 g/mol. The van der Waals surface area contributed by atoms with Gasteiger partial charge in [-0.3, -0.25) is 4.79 Å². The number of benzene rings is 1. The lowest BCUT2D eigenvalue weighted by Crippen LogP contribution is -2.43. The van der Waals surface area contributed by atoms with Gasteiger partial charge in [-0.05, 0) is 43.7 Å². The molecule has 0 aromatic heterocycles. The molecule has 26 heavy (non-hydrogen) atoms. The van der Waals surface area contributed by atoms with Gasteiger partial charge in [0.1, 0.15) is 5.75 Å². The third-order valence-electron chi connectivity index (χ3n) is 4.25. The minimum absolute atomic E-state index is 0.0137. The van der Waals surface area contributed by atoms with Crippen LogP contribution in [0.2, 0.25) is 0 Å². The summed E-state index contributed by atoms with van der Waals surface area (Å²) in [7, 11) is 3.49. The third-order valence-corrected chi connectivity index (χ3v) is 4.25. The molecule has 1 amide bonds. The van der Waals surface area contributed by atoms with E-state index in [9.17, 15) is 4.79 Å². The summed E-state index contributed by atoms with van der Waals surface area (Å²) in [4.78, 5) is 18.0. The normalized spacial score (nSPS) is 14.1. The van der Waals surface area contributed by atoms with Crippen molar-refractivity contribution in [1.29, 1.82) is 0 Å². The maximum Gasteiger partial charge on any atom is 0.241 e. The molecule has 0 bridgehead atoms. The Bertz CT molecular complexity index is 624. The van der Waals surface area contributed by atoms with Crippen LogP contribution >= 0.6 is 0 Å². The lowest BCUT2D eigenvalue weighted by atomic mass is 10.1. The molecule has 1 aromatic rings. The van der Waals surface area contributed by atoms with Gasteiger partial charge >= 0.3 is 0 Å². The number of carbonyl (C=O) groups is 1. The highest BCUT2D eigenvalue weighted by Crippen LogP contribution is 2.30. The Hall–Kier alpha value is -2.24. The first-order chi connectivity index (χ1) is 12.5. The zero-order chi connectivity index (χ0) is 18.9. The van der Waals surface area contributed by atoms with Gasteiger partial charge in [-0.25, -0.2) is 4.99 Å². The van der Waals surface area contributed by atoms with Crippen LogP contribution in [0.3, 0.4) is 0 Å². The average molecular weight is 361 g/mol. The molecule has 0 heterocycles. The average Bonchev–Trinajstić information content (AvgIpc) is 3.44. The minimum Gasteiger partial charge on any atom is -0.493 e. The van der Waals surface area contributed by atoms with Gasteiger partial charge in [0.05, 0.1) is 19.7 Å². The van der Waals surface area contributed by atoms with Crippen molar-refractivity contribution in [3.63, 3.8) is 0 Å². The smallest absolute Gasteiger partial charge is 0.241 e. The van der Waals surface area contributed by atoms with Crippen LogP contribution in [0, 0.1) is 12.8 Å². The largest absolute Gasteiger partial charge is 0.493 e. The highest BCUT2D eigenvalue weighted by atomic mass is 16.5. The number of aliphatic imine (C=N–C) groups is 1. The topological polar surface area (TPSA) is 66.0 Å². The Balaban J connectivity index is 2.02. The molecule has 1 fully saturated rings. The fraction of sp³-hybridized carbons (Fsp3) is 0.600. The highest BCUT2D eigenvalue weighted by molar-refractivity contribution is 5.86. The second-order valence-corrected chi connectivity index (χ2v) is 7.10. The molecule has 1 aliphatic rings. The molecule has 2 N–H and O–H groups in total. The van der Waals surface area contributed by atoms with Crippen LogP contribution in [0.5, 0.6) is 5.75 Å². The quantitative estimate of drug-likeness (QED) is 0.524. The minimum atomic E-state index is 0.0137. The van der Waals surface area contributed by atoms with E-state index in [4.69, 9.17) is 4.74 Å². The molecule has 0 radical (unpaired) electrons. The first-order valence-electron chi connectivity index (χ1n) is 9.44. The van der Waals surface area contributed by atoms with E-state index >= 15 is 0 Å². The Morgan fingerprint density at radius 2 is 2.08 bits per heavy atom. The molecular formula is C20H32N4O2. The molecule has 0 spiro atoms. The van der Waals surface area contributed by atoms with E-state index in [1.54, 1.807) is 19.0 Å². The monoisotopic (exact) mass is 360 g/mol. The van der Waals surface area contributed by atoms with Crippen LogP contribution < -0.4 is 15.4 Å². The van der Waals surface area contributed by atoms with Crippen molar-refractivity contribution < 1.29 is 9.53 Å². The lowest BCUT2D eigenvalue weighted by Gasteiger charge is -2.15. The lowest BCUT2D eigenvalue weighted by molar-refractivity contribution is -0.127. The van der Waals surface area contributed by atoms with E-state index in [0.29, 0.717) is 18.4 Å². The van der Waals surface area contributed by atoms with Gasteiger partial charge in [0.25, 0.3) is 0 Å². The molecule has 1 aliphatic carbocycles. The Kier molecular flexibility index (Phi) is 7.75. The fourth-order valence-corrected chi connectivity index (χ4v) is 2.32. The zero-order valence-corrected chi connectivity index (χ0v) is 16.5. The summed E-state index contributed by atoms with van der Waals surface area (Å²) in [6, 6.07) is 6.23. The van der Waals surface area contributed by atoms with E-state index in [1.807, 2.05) is 0 Å². The number of aryl methyl sites for hydroxylation is 1. The van der Waals surface area contributed by atoms with Gasteiger partial charge in [0.2, 0.25) is 5.91 Å². The van der Waals surface area contributed by atoms with Gasteiger partial charge in [-0.1, -0.05) is 19.1 Å². The summed E-state index contributed by atoms with van der Waals surface area (Å²) >= 11 is 0. The van der Waals surface area contributed by atoms with E-state index in [1.165, 1.54) is 18.4 Å². The summed E-state index contributed by atoms with van der Waals surface area (Å²) in [6.07, 6.45) is 3.53. The SMILES string of the molecule is CCCNC(=NCc1ccc(C)cc1OCC1CC1)NCC(=O)N(C)C. The molecule has 0 saturated heterocycles. The van der Waals surface area contributed by atoms with Crippen LogP contribution in [0.4, 0.5) is 0 Å². The number of amides is 1. The molecule has 6 heteroatoms. The van der Waals surface area contributed by atoms with Gasteiger partial charge in [-0.2, -0.15) is 0 Å². The summed E-state index contributed by atoms with van der Waals surface area (Å²) < 4.78 is 6.01. The molecule has 0 atom stereocenters. The van der Waals surface area contributed by atoms with E-state index in [-0.39, 0.29) is 12.5 Å². The number of hydrogen-bond donors (Lipinski definition) is 2. The van der Waals surface area contributed by atoms with Crippen molar-refractivity contribution in [1.82, 2.24) is 15.5 Å². The van der Waals surface area contributed by atoms with E-state index in [2.05, 4.69) is 47.7 Å². The molecule has 1 aromatic carbocycles. The first-order valence-corrected chi connectivity index (χ1v) is 9.44. The molecule has 0 aliphatic heterocycles. The second-order valence-electron chi connectivity index (χ2n) is 7.10. The van der Waals surface area contributed by atoms with Crippen molar-refractivity contribution in [2.24, 2.45) is 10.9 Å². The van der Waals surface area contributed by atoms with Crippen molar-refractivity contribution >= 4 is 11.9 Å². The van der Waals surface area contributed by atoms with Crippen molar-refractivity contribution in [2.45, 2.75) is 39.7 Å². The summed E-state index contributed by atoms with van der Waals surface area (Å²) in [5, 5.41) is 6.36. The Morgan fingerprint density at radius 3 is 2.73 bits per heavy atom. The second kappa shape index (κ2) is 10.0. The summed E-state index contributed by atoms with van der Waals surface area (Å²) in [5.74, 6) is 2.29. The number of rotatable bonds is 9. The predicted molar refractivity (Wildman–Crippen MR) is 106 cm³/mol. The number of nitrogens with one attached hydrogen (secondary N) is 2.